The molecule has 0 spiro atoms. The second-order valence-electron chi connectivity index (χ2n) is 8.24. The third-order valence-corrected chi connectivity index (χ3v) is 10.9. The van der Waals surface area contributed by atoms with Crippen LogP contribution in [0.4, 0.5) is 0 Å². The predicted octanol–water partition coefficient (Wildman–Crippen LogP) is 0.787. The summed E-state index contributed by atoms with van der Waals surface area (Å²) in [5.41, 5.74) is -0.317. The Kier molecular flexibility index (Phi) is 5.21. The van der Waals surface area contributed by atoms with Gasteiger partial charge in [0.1, 0.15) is 23.0 Å². The molecule has 0 aliphatic carbocycles. The summed E-state index contributed by atoms with van der Waals surface area (Å²) in [4.78, 5) is 30.2. The largest absolute Gasteiger partial charge is 0.414 e. The van der Waals surface area contributed by atoms with Crippen molar-refractivity contribution in [2.75, 3.05) is 6.61 Å². The van der Waals surface area contributed by atoms with E-state index in [4.69, 9.17) is 9.16 Å². The van der Waals surface area contributed by atoms with Gasteiger partial charge in [-0.1, -0.05) is 32.1 Å². The van der Waals surface area contributed by atoms with Gasteiger partial charge in [-0.15, -0.1) is 0 Å². The number of rotatable bonds is 4. The van der Waals surface area contributed by atoms with E-state index in [0.717, 1.165) is 15.9 Å². The number of aromatic amines is 1. The Hall–Kier alpha value is -1.37. The molecule has 2 aromatic rings. The number of H-pyrrole nitrogens is 1. The van der Waals surface area contributed by atoms with E-state index in [1.165, 1.54) is 6.33 Å². The topological polar surface area (TPSA) is 127 Å². The summed E-state index contributed by atoms with van der Waals surface area (Å²) in [6.07, 6.45) is -3.30. The molecule has 1 saturated heterocycles. The monoisotopic (exact) mass is 415 g/mol. The van der Waals surface area contributed by atoms with E-state index >= 15 is 0 Å². The van der Waals surface area contributed by atoms with Crippen molar-refractivity contribution in [3.63, 3.8) is 0 Å². The molecule has 3 rings (SSSR count). The van der Waals surface area contributed by atoms with E-state index in [9.17, 15) is 19.8 Å². The number of hydrogen-bond donors (Lipinski definition) is 3. The van der Waals surface area contributed by atoms with Crippen molar-refractivity contribution < 1.29 is 19.4 Å². The molecule has 11 heteroatoms. The first kappa shape index (κ1) is 20.4. The fraction of sp³-hybridized carbons (Fsp3) is 0.688. The minimum atomic E-state index is -2.07. The first-order valence-corrected chi connectivity index (χ1v) is 12.4. The zero-order chi connectivity index (χ0) is 20.1. The number of aliphatic hydroxyl groups is 2. The lowest BCUT2D eigenvalue weighted by Crippen LogP contribution is -2.44. The molecule has 150 valence electrons. The molecule has 4 atom stereocenters. The molecule has 0 radical (unpaired) electrons. The van der Waals surface area contributed by atoms with E-state index in [1.807, 2.05) is 0 Å². The maximum Gasteiger partial charge on any atom is 0.311 e. The van der Waals surface area contributed by atoms with Crippen LogP contribution in [-0.4, -0.2) is 58.0 Å². The maximum absolute atomic E-state index is 12.4. The fourth-order valence-electron chi connectivity index (χ4n) is 2.68. The van der Waals surface area contributed by atoms with E-state index in [1.54, 1.807) is 0 Å². The van der Waals surface area contributed by atoms with Crippen molar-refractivity contribution in [3.8, 4) is 0 Å². The van der Waals surface area contributed by atoms with Crippen molar-refractivity contribution in [2.24, 2.45) is 0 Å². The average molecular weight is 416 g/mol. The van der Waals surface area contributed by atoms with Gasteiger partial charge in [-0.05, 0) is 18.1 Å². The summed E-state index contributed by atoms with van der Waals surface area (Å²) >= 11 is 0.722. The Balaban J connectivity index is 1.86. The maximum atomic E-state index is 12.4. The standard InChI is InChI=1S/C16H25N3O6SSi/c1-16(2,3)27(4,5)24-6-8-9(20)10(21)14(25-8)19-12-11(26-15(19)23)13(22)18-7-17-12/h7-10,14,20-21H,6H2,1-5H3,(H,17,18,22)/t8-,9-,10-,14-/m1/s1. The van der Waals surface area contributed by atoms with E-state index < -0.39 is 43.3 Å². The second-order valence-corrected chi connectivity index (χ2v) is 14.0. The predicted molar refractivity (Wildman–Crippen MR) is 104 cm³/mol. The minimum Gasteiger partial charge on any atom is -0.414 e. The van der Waals surface area contributed by atoms with Crippen LogP contribution in [0.5, 0.6) is 0 Å². The molecule has 1 aliphatic rings. The lowest BCUT2D eigenvalue weighted by Gasteiger charge is -2.37. The fourth-order valence-corrected chi connectivity index (χ4v) is 4.55. The smallest absolute Gasteiger partial charge is 0.311 e. The van der Waals surface area contributed by atoms with Crippen molar-refractivity contribution in [1.29, 1.82) is 0 Å². The normalized spacial score (nSPS) is 26.8. The Morgan fingerprint density at radius 1 is 1.33 bits per heavy atom. The summed E-state index contributed by atoms with van der Waals surface area (Å²) in [6.45, 7) is 10.6. The van der Waals surface area contributed by atoms with Gasteiger partial charge in [-0.25, -0.2) is 4.98 Å². The highest BCUT2D eigenvalue weighted by atomic mass is 32.1. The van der Waals surface area contributed by atoms with Crippen molar-refractivity contribution in [1.82, 2.24) is 14.5 Å². The molecular formula is C16H25N3O6SSi. The van der Waals surface area contributed by atoms with Crippen molar-refractivity contribution in [3.05, 3.63) is 26.3 Å². The first-order chi connectivity index (χ1) is 12.4. The minimum absolute atomic E-state index is 0.0139. The Morgan fingerprint density at radius 2 is 2.00 bits per heavy atom. The van der Waals surface area contributed by atoms with Crippen LogP contribution in [0.15, 0.2) is 15.9 Å². The van der Waals surface area contributed by atoms with Crippen LogP contribution in [0.2, 0.25) is 18.1 Å². The van der Waals surface area contributed by atoms with Gasteiger partial charge in [0.05, 0.1) is 12.9 Å². The van der Waals surface area contributed by atoms with E-state index in [0.29, 0.717) is 0 Å². The summed E-state index contributed by atoms with van der Waals surface area (Å²) < 4.78 is 13.1. The highest BCUT2D eigenvalue weighted by Crippen LogP contribution is 2.38. The molecule has 1 fully saturated rings. The van der Waals surface area contributed by atoms with E-state index in [-0.39, 0.29) is 22.0 Å². The summed E-state index contributed by atoms with van der Waals surface area (Å²) in [5, 5.41) is 20.8. The van der Waals surface area contributed by atoms with Gasteiger partial charge in [0.2, 0.25) is 0 Å². The number of nitrogens with one attached hydrogen (secondary N) is 1. The highest BCUT2D eigenvalue weighted by Gasteiger charge is 2.47. The van der Waals surface area contributed by atoms with Gasteiger partial charge in [-0.3, -0.25) is 14.2 Å². The molecule has 3 N–H and O–H groups in total. The van der Waals surface area contributed by atoms with Crippen LogP contribution in [-0.2, 0) is 9.16 Å². The molecule has 27 heavy (non-hydrogen) atoms. The lowest BCUT2D eigenvalue weighted by atomic mass is 10.1. The number of aromatic nitrogens is 3. The zero-order valence-corrected chi connectivity index (χ0v) is 17.7. The quantitative estimate of drug-likeness (QED) is 0.630. The van der Waals surface area contributed by atoms with Gasteiger partial charge in [-0.2, -0.15) is 0 Å². The zero-order valence-electron chi connectivity index (χ0n) is 15.9. The Bertz CT molecular complexity index is 946. The van der Waals surface area contributed by atoms with Crippen molar-refractivity contribution >= 4 is 30.0 Å². The Labute approximate surface area is 160 Å². The SMILES string of the molecule is CC(C)(C)[Si](C)(C)OC[C@H]1O[C@@H](n2c(=O)sc3c(=O)[nH]cnc32)[C@H](O)[C@@H]1O. The molecule has 0 bridgehead atoms. The summed E-state index contributed by atoms with van der Waals surface area (Å²) in [5.74, 6) is 0. The van der Waals surface area contributed by atoms with Gasteiger partial charge in [0, 0.05) is 0 Å². The molecule has 2 aromatic heterocycles. The molecule has 0 aromatic carbocycles. The molecule has 0 unspecified atom stereocenters. The van der Waals surface area contributed by atoms with Gasteiger partial charge in [0.25, 0.3) is 5.56 Å². The number of fused-ring (bicyclic) bond motifs is 1. The van der Waals surface area contributed by atoms with Gasteiger partial charge >= 0.3 is 4.87 Å². The number of hydrogen-bond acceptors (Lipinski definition) is 8. The third kappa shape index (κ3) is 3.55. The second kappa shape index (κ2) is 6.90. The molecular weight excluding hydrogens is 390 g/mol. The van der Waals surface area contributed by atoms with Crippen LogP contribution in [0.1, 0.15) is 27.0 Å². The van der Waals surface area contributed by atoms with Gasteiger partial charge in [0.15, 0.2) is 20.2 Å². The molecule has 1 aliphatic heterocycles. The number of thiazole rings is 1. The van der Waals surface area contributed by atoms with Crippen LogP contribution >= 0.6 is 11.3 Å². The summed E-state index contributed by atoms with van der Waals surface area (Å²) in [6, 6.07) is 0. The van der Waals surface area contributed by atoms with Crippen LogP contribution in [0.25, 0.3) is 10.3 Å². The van der Waals surface area contributed by atoms with Gasteiger partial charge < -0.3 is 24.4 Å². The van der Waals surface area contributed by atoms with E-state index in [2.05, 4.69) is 43.8 Å². The summed E-state index contributed by atoms with van der Waals surface area (Å²) in [7, 11) is -2.07. The Morgan fingerprint density at radius 3 is 2.63 bits per heavy atom. The third-order valence-electron chi connectivity index (χ3n) is 5.41. The molecule has 9 nitrogen and oxygen atoms in total. The first-order valence-electron chi connectivity index (χ1n) is 8.68. The average Bonchev–Trinajstić information content (AvgIpc) is 3.03. The highest BCUT2D eigenvalue weighted by molar-refractivity contribution is 7.16. The van der Waals surface area contributed by atoms with Crippen LogP contribution < -0.4 is 10.4 Å². The van der Waals surface area contributed by atoms with Crippen LogP contribution in [0.3, 0.4) is 0 Å². The van der Waals surface area contributed by atoms with Crippen molar-refractivity contribution in [2.45, 2.75) is 63.4 Å². The molecule has 3 heterocycles. The lowest BCUT2D eigenvalue weighted by molar-refractivity contribution is -0.0498. The number of ether oxygens (including phenoxy) is 1. The number of aliphatic hydroxyl groups excluding tert-OH is 2. The molecule has 0 saturated carbocycles. The number of nitrogens with zero attached hydrogens (tertiary/aromatic N) is 2. The van der Waals surface area contributed by atoms with Crippen LogP contribution in [0, 0.1) is 0 Å². The molecule has 0 amide bonds.